The van der Waals surface area contributed by atoms with Gasteiger partial charge in [-0.1, -0.05) is 0 Å². The number of hydrogen-bond acceptors (Lipinski definition) is 2. The highest BCUT2D eigenvalue weighted by atomic mass is 79.9. The molecule has 8 heteroatoms. The third-order valence-corrected chi connectivity index (χ3v) is 1.94. The van der Waals surface area contributed by atoms with Gasteiger partial charge in [0, 0.05) is 10.5 Å². The highest BCUT2D eigenvalue weighted by molar-refractivity contribution is 9.10. The smallest absolute Gasteiger partial charge is 0.417 e. The molecule has 1 aromatic rings. The van der Waals surface area contributed by atoms with Crippen LogP contribution in [0.5, 0.6) is 5.88 Å². The molecule has 0 spiro atoms. The monoisotopic (exact) mass is 291 g/mol. The molecule has 0 aliphatic carbocycles. The maximum atomic E-state index is 12.2. The number of halogens is 6. The van der Waals surface area contributed by atoms with Gasteiger partial charge in [0.25, 0.3) is 0 Å². The second kappa shape index (κ2) is 4.30. The lowest BCUT2D eigenvalue weighted by atomic mass is 10.3. The highest BCUT2D eigenvalue weighted by Crippen LogP contribution is 2.34. The van der Waals surface area contributed by atoms with Crippen molar-refractivity contribution in [1.82, 2.24) is 4.98 Å². The van der Waals surface area contributed by atoms with Crippen molar-refractivity contribution < 1.29 is 26.7 Å². The van der Waals surface area contributed by atoms with Crippen LogP contribution in [0.25, 0.3) is 0 Å². The van der Waals surface area contributed by atoms with Crippen molar-refractivity contribution in [3.63, 3.8) is 0 Å². The van der Waals surface area contributed by atoms with Crippen molar-refractivity contribution >= 4 is 15.9 Å². The Hall–Kier alpha value is -0.920. The van der Waals surface area contributed by atoms with Crippen LogP contribution >= 0.6 is 15.9 Å². The Bertz CT molecular complexity index is 354. The molecule has 0 N–H and O–H groups in total. The Morgan fingerprint density at radius 2 is 1.87 bits per heavy atom. The first-order chi connectivity index (χ1) is 6.80. The third kappa shape index (κ3) is 3.29. The zero-order chi connectivity index (χ0) is 11.6. The molecule has 0 aromatic carbocycles. The summed E-state index contributed by atoms with van der Waals surface area (Å²) in [5.41, 5.74) is -1.30. The largest absolute Gasteiger partial charge is 0.434 e. The molecule has 0 aliphatic heterocycles. The minimum atomic E-state index is -4.72. The molecule has 15 heavy (non-hydrogen) atoms. The van der Waals surface area contributed by atoms with Crippen molar-refractivity contribution in [1.29, 1.82) is 0 Å². The van der Waals surface area contributed by atoms with Gasteiger partial charge in [0.05, 0.1) is 0 Å². The standard InChI is InChI=1S/C7H3BrF5NO/c8-3-1-2-4(15-6(9)10)14-5(3)7(11,12)13/h1-2,6H. The minimum absolute atomic E-state index is 0.336. The fourth-order valence-electron chi connectivity index (χ4n) is 0.780. The number of aromatic nitrogens is 1. The first-order valence-corrected chi connectivity index (χ1v) is 4.28. The number of ether oxygens (including phenoxy) is 1. The van der Waals surface area contributed by atoms with Crippen LogP contribution in [0, 0.1) is 0 Å². The number of alkyl halides is 5. The van der Waals surface area contributed by atoms with Crippen LogP contribution in [0.2, 0.25) is 0 Å². The Morgan fingerprint density at radius 1 is 1.27 bits per heavy atom. The summed E-state index contributed by atoms with van der Waals surface area (Å²) >= 11 is 2.61. The van der Waals surface area contributed by atoms with E-state index in [9.17, 15) is 22.0 Å². The molecule has 0 aliphatic rings. The molecular weight excluding hydrogens is 289 g/mol. The fraction of sp³-hybridized carbons (Fsp3) is 0.286. The normalized spacial score (nSPS) is 11.9. The SMILES string of the molecule is FC(F)Oc1ccc(Br)c(C(F)(F)F)n1. The summed E-state index contributed by atoms with van der Waals surface area (Å²) in [4.78, 5) is 2.91. The molecule has 0 saturated heterocycles. The molecule has 0 bridgehead atoms. The van der Waals surface area contributed by atoms with Crippen molar-refractivity contribution in [3.05, 3.63) is 22.3 Å². The van der Waals surface area contributed by atoms with Gasteiger partial charge >= 0.3 is 12.8 Å². The van der Waals surface area contributed by atoms with Crippen LogP contribution in [0.3, 0.4) is 0 Å². The van der Waals surface area contributed by atoms with Crippen LogP contribution in [0.4, 0.5) is 22.0 Å². The molecule has 1 rings (SSSR count). The lowest BCUT2D eigenvalue weighted by Gasteiger charge is -2.10. The van der Waals surface area contributed by atoms with Gasteiger partial charge in [0.1, 0.15) is 0 Å². The van der Waals surface area contributed by atoms with Gasteiger partial charge in [0.15, 0.2) is 5.69 Å². The topological polar surface area (TPSA) is 22.1 Å². The van der Waals surface area contributed by atoms with Gasteiger partial charge in [-0.05, 0) is 22.0 Å². The maximum Gasteiger partial charge on any atom is 0.434 e. The summed E-state index contributed by atoms with van der Waals surface area (Å²) in [7, 11) is 0. The van der Waals surface area contributed by atoms with Crippen molar-refractivity contribution in [2.45, 2.75) is 12.8 Å². The Labute approximate surface area is 89.2 Å². The van der Waals surface area contributed by atoms with Crippen molar-refractivity contribution in [2.24, 2.45) is 0 Å². The van der Waals surface area contributed by atoms with Crippen LogP contribution in [-0.4, -0.2) is 11.6 Å². The van der Waals surface area contributed by atoms with Crippen molar-refractivity contribution in [2.75, 3.05) is 0 Å². The first kappa shape index (κ1) is 12.2. The first-order valence-electron chi connectivity index (χ1n) is 3.49. The van der Waals surface area contributed by atoms with E-state index in [-0.39, 0.29) is 4.47 Å². The molecule has 0 fully saturated rings. The van der Waals surface area contributed by atoms with E-state index in [4.69, 9.17) is 0 Å². The molecule has 84 valence electrons. The average Bonchev–Trinajstić information content (AvgIpc) is 2.05. The van der Waals surface area contributed by atoms with Crippen molar-refractivity contribution in [3.8, 4) is 5.88 Å². The molecular formula is C7H3BrF5NO. The molecule has 0 radical (unpaired) electrons. The fourth-order valence-corrected chi connectivity index (χ4v) is 1.23. The molecule has 1 aromatic heterocycles. The third-order valence-electron chi connectivity index (χ3n) is 1.30. The molecule has 0 amide bonds. The molecule has 1 heterocycles. The Balaban J connectivity index is 3.06. The second-order valence-corrected chi connectivity index (χ2v) is 3.21. The number of hydrogen-bond donors (Lipinski definition) is 0. The molecule has 0 saturated carbocycles. The van der Waals surface area contributed by atoms with Crippen LogP contribution in [0.1, 0.15) is 5.69 Å². The molecule has 0 atom stereocenters. The Morgan fingerprint density at radius 3 is 2.33 bits per heavy atom. The summed E-state index contributed by atoms with van der Waals surface area (Å²) in [6, 6.07) is 1.85. The summed E-state index contributed by atoms with van der Waals surface area (Å²) in [6.07, 6.45) is -4.72. The lowest BCUT2D eigenvalue weighted by Crippen LogP contribution is -2.11. The van der Waals surface area contributed by atoms with E-state index in [2.05, 4.69) is 25.7 Å². The molecule has 0 unspecified atom stereocenters. The Kier molecular flexibility index (Phi) is 3.48. The van der Waals surface area contributed by atoms with Crippen LogP contribution < -0.4 is 4.74 Å². The van der Waals surface area contributed by atoms with Gasteiger partial charge in [-0.15, -0.1) is 0 Å². The highest BCUT2D eigenvalue weighted by Gasteiger charge is 2.35. The predicted molar refractivity (Wildman–Crippen MR) is 43.6 cm³/mol. The van der Waals surface area contributed by atoms with Gasteiger partial charge in [0.2, 0.25) is 5.88 Å². The lowest BCUT2D eigenvalue weighted by molar-refractivity contribution is -0.142. The minimum Gasteiger partial charge on any atom is -0.417 e. The summed E-state index contributed by atoms with van der Waals surface area (Å²) in [5.74, 6) is -0.777. The van der Waals surface area contributed by atoms with E-state index in [0.717, 1.165) is 12.1 Å². The maximum absolute atomic E-state index is 12.2. The van der Waals surface area contributed by atoms with E-state index < -0.39 is 24.4 Å². The van der Waals surface area contributed by atoms with E-state index in [0.29, 0.717) is 0 Å². The zero-order valence-electron chi connectivity index (χ0n) is 6.86. The van der Waals surface area contributed by atoms with E-state index in [1.807, 2.05) is 0 Å². The zero-order valence-corrected chi connectivity index (χ0v) is 8.44. The molecule has 2 nitrogen and oxygen atoms in total. The summed E-state index contributed by atoms with van der Waals surface area (Å²) in [6.45, 7) is -3.21. The number of pyridine rings is 1. The van der Waals surface area contributed by atoms with Gasteiger partial charge in [-0.25, -0.2) is 4.98 Å². The van der Waals surface area contributed by atoms with E-state index in [1.165, 1.54) is 0 Å². The van der Waals surface area contributed by atoms with Crippen LogP contribution in [0.15, 0.2) is 16.6 Å². The second-order valence-electron chi connectivity index (χ2n) is 2.36. The van der Waals surface area contributed by atoms with Gasteiger partial charge in [-0.2, -0.15) is 22.0 Å². The number of rotatable bonds is 2. The van der Waals surface area contributed by atoms with E-state index >= 15 is 0 Å². The average molecular weight is 292 g/mol. The van der Waals surface area contributed by atoms with Gasteiger partial charge < -0.3 is 4.74 Å². The summed E-state index contributed by atoms with van der Waals surface area (Å²) < 4.78 is 63.5. The van der Waals surface area contributed by atoms with Crippen LogP contribution in [-0.2, 0) is 6.18 Å². The van der Waals surface area contributed by atoms with E-state index in [1.54, 1.807) is 0 Å². The number of nitrogens with zero attached hydrogens (tertiary/aromatic N) is 1. The predicted octanol–water partition coefficient (Wildman–Crippen LogP) is 3.46. The quantitative estimate of drug-likeness (QED) is 0.779. The summed E-state index contributed by atoms with van der Waals surface area (Å²) in [5, 5.41) is 0. The van der Waals surface area contributed by atoms with Gasteiger partial charge in [-0.3, -0.25) is 0 Å².